The largest absolute Gasteiger partial charge is 0.377 e. The topological polar surface area (TPSA) is 21.8 Å². The van der Waals surface area contributed by atoms with E-state index in [-0.39, 0.29) is 0 Å². The molecule has 1 fully saturated rings. The maximum Gasteiger partial charge on any atom is 0.0860 e. The van der Waals surface area contributed by atoms with Gasteiger partial charge in [-0.1, -0.05) is 30.3 Å². The van der Waals surface area contributed by atoms with Crippen LogP contribution in [0.4, 0.5) is 0 Å². The summed E-state index contributed by atoms with van der Waals surface area (Å²) < 4.78 is 10.8. The number of epoxide rings is 1. The van der Waals surface area contributed by atoms with Crippen LogP contribution in [0, 0.1) is 0 Å². The van der Waals surface area contributed by atoms with Crippen molar-refractivity contribution < 1.29 is 9.47 Å². The zero-order chi connectivity index (χ0) is 9.80. The minimum atomic E-state index is 0.450. The summed E-state index contributed by atoms with van der Waals surface area (Å²) in [5.74, 6) is 0. The fourth-order valence-corrected chi connectivity index (χ4v) is 1.50. The van der Waals surface area contributed by atoms with Crippen LogP contribution in [-0.4, -0.2) is 18.8 Å². The highest BCUT2D eigenvalue weighted by Gasteiger charge is 2.33. The highest BCUT2D eigenvalue weighted by molar-refractivity contribution is 5.13. The second-order valence-corrected chi connectivity index (χ2v) is 3.71. The molecular weight excluding hydrogens is 176 g/mol. The third-order valence-electron chi connectivity index (χ3n) is 2.49. The van der Waals surface area contributed by atoms with Crippen molar-refractivity contribution >= 4 is 0 Å². The molecule has 0 saturated carbocycles. The molecule has 0 unspecified atom stereocenters. The third kappa shape index (κ3) is 2.82. The fraction of sp³-hybridized carbons (Fsp3) is 0.500. The zero-order valence-electron chi connectivity index (χ0n) is 8.48. The smallest absolute Gasteiger partial charge is 0.0860 e. The summed E-state index contributed by atoms with van der Waals surface area (Å²) in [4.78, 5) is 0. The summed E-state index contributed by atoms with van der Waals surface area (Å²) in [6.07, 6.45) is 1.93. The van der Waals surface area contributed by atoms with E-state index in [0.29, 0.717) is 18.8 Å². The lowest BCUT2D eigenvalue weighted by Gasteiger charge is -2.02. The van der Waals surface area contributed by atoms with Crippen molar-refractivity contribution in [2.24, 2.45) is 0 Å². The Balaban J connectivity index is 1.59. The van der Waals surface area contributed by atoms with Crippen LogP contribution in [0.2, 0.25) is 0 Å². The first kappa shape index (κ1) is 9.69. The van der Waals surface area contributed by atoms with Crippen LogP contribution >= 0.6 is 0 Å². The van der Waals surface area contributed by atoms with Crippen LogP contribution in [0.3, 0.4) is 0 Å². The predicted molar refractivity (Wildman–Crippen MR) is 55.1 cm³/mol. The lowest BCUT2D eigenvalue weighted by atomic mass is 10.2. The van der Waals surface area contributed by atoms with Crippen molar-refractivity contribution in [3.05, 3.63) is 35.9 Å². The maximum atomic E-state index is 5.54. The molecule has 2 rings (SSSR count). The molecule has 0 aromatic heterocycles. The molecule has 2 nitrogen and oxygen atoms in total. The first-order valence-electron chi connectivity index (χ1n) is 5.13. The molecule has 14 heavy (non-hydrogen) atoms. The van der Waals surface area contributed by atoms with Gasteiger partial charge in [-0.15, -0.1) is 0 Å². The van der Waals surface area contributed by atoms with E-state index in [2.05, 4.69) is 19.1 Å². The van der Waals surface area contributed by atoms with Gasteiger partial charge in [0.05, 0.1) is 18.8 Å². The Hall–Kier alpha value is -0.860. The second-order valence-electron chi connectivity index (χ2n) is 3.71. The molecule has 76 valence electrons. The van der Waals surface area contributed by atoms with E-state index in [1.807, 2.05) is 18.2 Å². The lowest BCUT2D eigenvalue weighted by molar-refractivity contribution is 0.113. The highest BCUT2D eigenvalue weighted by Crippen LogP contribution is 2.24. The molecule has 2 heteroatoms. The number of rotatable bonds is 5. The molecular formula is C12H16O2. The summed E-state index contributed by atoms with van der Waals surface area (Å²) in [5.41, 5.74) is 1.23. The van der Waals surface area contributed by atoms with E-state index < -0.39 is 0 Å². The molecule has 2 atom stereocenters. The van der Waals surface area contributed by atoms with E-state index in [9.17, 15) is 0 Å². The van der Waals surface area contributed by atoms with Crippen LogP contribution in [0.15, 0.2) is 30.3 Å². The lowest BCUT2D eigenvalue weighted by Crippen LogP contribution is -2.00. The molecule has 0 N–H and O–H groups in total. The van der Waals surface area contributed by atoms with Gasteiger partial charge in [0, 0.05) is 6.61 Å². The van der Waals surface area contributed by atoms with Crippen LogP contribution in [0.5, 0.6) is 0 Å². The van der Waals surface area contributed by atoms with E-state index in [1.54, 1.807) is 0 Å². The zero-order valence-corrected chi connectivity index (χ0v) is 8.48. The third-order valence-corrected chi connectivity index (χ3v) is 2.49. The number of benzene rings is 1. The van der Waals surface area contributed by atoms with Gasteiger partial charge in [0.2, 0.25) is 0 Å². The Morgan fingerprint density at radius 2 is 2.00 bits per heavy atom. The van der Waals surface area contributed by atoms with Crippen LogP contribution < -0.4 is 0 Å². The Morgan fingerprint density at radius 1 is 1.29 bits per heavy atom. The van der Waals surface area contributed by atoms with Gasteiger partial charge in [0.1, 0.15) is 0 Å². The summed E-state index contributed by atoms with van der Waals surface area (Å²) in [6, 6.07) is 10.2. The van der Waals surface area contributed by atoms with Crippen LogP contribution in [0.1, 0.15) is 18.9 Å². The molecule has 0 aliphatic carbocycles. The van der Waals surface area contributed by atoms with Crippen molar-refractivity contribution in [3.63, 3.8) is 0 Å². The summed E-state index contributed by atoms with van der Waals surface area (Å²) in [7, 11) is 0. The van der Waals surface area contributed by atoms with Gasteiger partial charge in [-0.25, -0.2) is 0 Å². The van der Waals surface area contributed by atoms with E-state index in [1.165, 1.54) is 5.56 Å². The average Bonchev–Trinajstić information content (AvgIpc) is 2.91. The molecule has 0 amide bonds. The molecule has 0 radical (unpaired) electrons. The van der Waals surface area contributed by atoms with Crippen molar-refractivity contribution in [2.75, 3.05) is 6.61 Å². The summed E-state index contributed by atoms with van der Waals surface area (Å²) >= 11 is 0. The van der Waals surface area contributed by atoms with Gasteiger partial charge < -0.3 is 9.47 Å². The van der Waals surface area contributed by atoms with E-state index in [4.69, 9.17) is 9.47 Å². The Morgan fingerprint density at radius 3 is 2.64 bits per heavy atom. The normalized spacial score (nSPS) is 24.9. The molecule has 1 heterocycles. The first-order valence-corrected chi connectivity index (χ1v) is 5.13. The summed E-state index contributed by atoms with van der Waals surface area (Å²) in [6.45, 7) is 3.60. The average molecular weight is 192 g/mol. The van der Waals surface area contributed by atoms with Crippen LogP contribution in [0.25, 0.3) is 0 Å². The molecule has 1 aromatic carbocycles. The SMILES string of the molecule is C[C@@H]1O[C@H]1CCOCc1ccccc1. The van der Waals surface area contributed by atoms with Gasteiger partial charge in [-0.3, -0.25) is 0 Å². The van der Waals surface area contributed by atoms with Gasteiger partial charge in [-0.05, 0) is 18.9 Å². The number of hydrogen-bond acceptors (Lipinski definition) is 2. The standard InChI is InChI=1S/C12H16O2/c1-10-12(14-10)7-8-13-9-11-5-3-2-4-6-11/h2-6,10,12H,7-9H2,1H3/t10-,12-/m0/s1. The molecule has 1 aliphatic rings. The predicted octanol–water partition coefficient (Wildman–Crippen LogP) is 2.38. The highest BCUT2D eigenvalue weighted by atomic mass is 16.6. The number of ether oxygens (including phenoxy) is 2. The van der Waals surface area contributed by atoms with Gasteiger partial charge >= 0.3 is 0 Å². The molecule has 1 aliphatic heterocycles. The van der Waals surface area contributed by atoms with Crippen molar-refractivity contribution in [1.29, 1.82) is 0 Å². The van der Waals surface area contributed by atoms with E-state index >= 15 is 0 Å². The van der Waals surface area contributed by atoms with Gasteiger partial charge in [0.15, 0.2) is 0 Å². The molecule has 0 spiro atoms. The van der Waals surface area contributed by atoms with E-state index in [0.717, 1.165) is 13.0 Å². The Labute approximate surface area is 84.8 Å². The molecule has 1 saturated heterocycles. The summed E-state index contributed by atoms with van der Waals surface area (Å²) in [5, 5.41) is 0. The quantitative estimate of drug-likeness (QED) is 0.527. The Kier molecular flexibility index (Phi) is 3.17. The molecule has 1 aromatic rings. The number of hydrogen-bond donors (Lipinski definition) is 0. The van der Waals surface area contributed by atoms with Crippen molar-refractivity contribution in [3.8, 4) is 0 Å². The fourth-order valence-electron chi connectivity index (χ4n) is 1.50. The van der Waals surface area contributed by atoms with Crippen molar-refractivity contribution in [2.45, 2.75) is 32.2 Å². The second kappa shape index (κ2) is 4.58. The van der Waals surface area contributed by atoms with Gasteiger partial charge in [-0.2, -0.15) is 0 Å². The van der Waals surface area contributed by atoms with Crippen LogP contribution in [-0.2, 0) is 16.1 Å². The molecule has 0 bridgehead atoms. The minimum Gasteiger partial charge on any atom is -0.377 e. The minimum absolute atomic E-state index is 0.450. The maximum absolute atomic E-state index is 5.54. The first-order chi connectivity index (χ1) is 6.86. The van der Waals surface area contributed by atoms with Crippen molar-refractivity contribution in [1.82, 2.24) is 0 Å². The Bertz CT molecular complexity index is 271. The van der Waals surface area contributed by atoms with Gasteiger partial charge in [0.25, 0.3) is 0 Å². The monoisotopic (exact) mass is 192 g/mol.